The number of aromatic hydroxyl groups is 1. The van der Waals surface area contributed by atoms with E-state index in [0.29, 0.717) is 19.4 Å². The molecule has 2 amide bonds. The molecule has 116 valence electrons. The summed E-state index contributed by atoms with van der Waals surface area (Å²) in [7, 11) is 0. The van der Waals surface area contributed by atoms with Gasteiger partial charge in [-0.25, -0.2) is 5.43 Å². The lowest BCUT2D eigenvalue weighted by molar-refractivity contribution is -0.384. The van der Waals surface area contributed by atoms with Gasteiger partial charge in [0.05, 0.1) is 11.1 Å². The lowest BCUT2D eigenvalue weighted by Crippen LogP contribution is -2.43. The fourth-order valence-corrected chi connectivity index (χ4v) is 2.02. The Balaban J connectivity index is 2.03. The van der Waals surface area contributed by atoms with E-state index in [2.05, 4.69) is 15.8 Å². The molecule has 1 atom stereocenters. The van der Waals surface area contributed by atoms with Gasteiger partial charge in [0.15, 0.2) is 0 Å². The van der Waals surface area contributed by atoms with Crippen molar-refractivity contribution < 1.29 is 19.6 Å². The molecular formula is C13H14N4O5. The zero-order chi connectivity index (χ0) is 16.1. The monoisotopic (exact) mass is 306 g/mol. The second-order valence-corrected chi connectivity index (χ2v) is 4.72. The van der Waals surface area contributed by atoms with Gasteiger partial charge in [-0.15, -0.1) is 0 Å². The number of phenolic OH excluding ortho intramolecular Hbond substituents is 1. The minimum atomic E-state index is -0.801. The van der Waals surface area contributed by atoms with Crippen LogP contribution in [0.25, 0.3) is 0 Å². The Bertz CT molecular complexity index is 643. The molecule has 0 bridgehead atoms. The Labute approximate surface area is 125 Å². The molecule has 1 aliphatic rings. The fraction of sp³-hybridized carbons (Fsp3) is 0.308. The fourth-order valence-electron chi connectivity index (χ4n) is 2.02. The standard InChI is InChI=1S/C13H14N4O5/c18-11-4-3-9(17(21)22)6-8(11)7-15-16-13(20)10-2-1-5-14-12(10)19/h3-4,6-7,10,18H,1-2,5H2,(H,14,19)(H,16,20)/b15-7-/t10-/m0/s1. The SMILES string of the molecule is O=C1NCCC[C@@H]1C(=O)N/N=C\c1cc([N+](=O)[O-])ccc1O. The van der Waals surface area contributed by atoms with Gasteiger partial charge in [0, 0.05) is 24.2 Å². The van der Waals surface area contributed by atoms with Gasteiger partial charge in [0.2, 0.25) is 5.91 Å². The van der Waals surface area contributed by atoms with E-state index in [9.17, 15) is 24.8 Å². The van der Waals surface area contributed by atoms with E-state index in [1.165, 1.54) is 0 Å². The average molecular weight is 306 g/mol. The molecule has 0 aromatic heterocycles. The van der Waals surface area contributed by atoms with Crippen LogP contribution in [0.15, 0.2) is 23.3 Å². The highest BCUT2D eigenvalue weighted by Crippen LogP contribution is 2.21. The molecule has 0 unspecified atom stereocenters. The number of nitrogens with zero attached hydrogens (tertiary/aromatic N) is 2. The molecule has 9 heteroatoms. The quantitative estimate of drug-likeness (QED) is 0.318. The number of hydrogen-bond donors (Lipinski definition) is 3. The van der Waals surface area contributed by atoms with E-state index in [0.717, 1.165) is 24.4 Å². The highest BCUT2D eigenvalue weighted by Gasteiger charge is 2.28. The number of nitrogens with one attached hydrogen (secondary N) is 2. The first-order valence-corrected chi connectivity index (χ1v) is 6.57. The van der Waals surface area contributed by atoms with Crippen LogP contribution in [-0.2, 0) is 9.59 Å². The van der Waals surface area contributed by atoms with Crippen molar-refractivity contribution in [3.8, 4) is 5.75 Å². The molecule has 9 nitrogen and oxygen atoms in total. The van der Waals surface area contributed by atoms with E-state index < -0.39 is 16.7 Å². The summed E-state index contributed by atoms with van der Waals surface area (Å²) in [5.74, 6) is -1.92. The van der Waals surface area contributed by atoms with Crippen LogP contribution in [0.5, 0.6) is 5.75 Å². The smallest absolute Gasteiger partial charge is 0.270 e. The summed E-state index contributed by atoms with van der Waals surface area (Å²) in [6, 6.07) is 3.44. The van der Waals surface area contributed by atoms with E-state index in [-0.39, 0.29) is 22.9 Å². The molecular weight excluding hydrogens is 292 g/mol. The van der Waals surface area contributed by atoms with Crippen LogP contribution < -0.4 is 10.7 Å². The zero-order valence-corrected chi connectivity index (χ0v) is 11.5. The second-order valence-electron chi connectivity index (χ2n) is 4.72. The van der Waals surface area contributed by atoms with E-state index in [4.69, 9.17) is 0 Å². The summed E-state index contributed by atoms with van der Waals surface area (Å²) in [4.78, 5) is 33.4. The third-order valence-corrected chi connectivity index (χ3v) is 3.20. The van der Waals surface area contributed by atoms with Gasteiger partial charge in [-0.3, -0.25) is 19.7 Å². The number of amides is 2. The van der Waals surface area contributed by atoms with Gasteiger partial charge in [0.1, 0.15) is 11.7 Å². The summed E-state index contributed by atoms with van der Waals surface area (Å²) >= 11 is 0. The van der Waals surface area contributed by atoms with Crippen molar-refractivity contribution in [1.82, 2.24) is 10.7 Å². The van der Waals surface area contributed by atoms with Crippen molar-refractivity contribution in [3.05, 3.63) is 33.9 Å². The molecule has 0 saturated carbocycles. The lowest BCUT2D eigenvalue weighted by Gasteiger charge is -2.19. The first-order chi connectivity index (χ1) is 10.5. The number of hydrazone groups is 1. The summed E-state index contributed by atoms with van der Waals surface area (Å²) in [6.07, 6.45) is 2.23. The average Bonchev–Trinajstić information content (AvgIpc) is 2.49. The topological polar surface area (TPSA) is 134 Å². The van der Waals surface area contributed by atoms with Crippen LogP contribution in [0.3, 0.4) is 0 Å². The summed E-state index contributed by atoms with van der Waals surface area (Å²) in [5.41, 5.74) is 2.07. The van der Waals surface area contributed by atoms with Gasteiger partial charge in [-0.2, -0.15) is 5.10 Å². The van der Waals surface area contributed by atoms with Crippen molar-refractivity contribution in [2.45, 2.75) is 12.8 Å². The molecule has 22 heavy (non-hydrogen) atoms. The number of carbonyl (C=O) groups is 2. The number of rotatable bonds is 4. The second kappa shape index (κ2) is 6.66. The van der Waals surface area contributed by atoms with Gasteiger partial charge < -0.3 is 10.4 Å². The first-order valence-electron chi connectivity index (χ1n) is 6.57. The Morgan fingerprint density at radius 2 is 2.32 bits per heavy atom. The lowest BCUT2D eigenvalue weighted by atomic mass is 9.98. The molecule has 1 aliphatic heterocycles. The Morgan fingerprint density at radius 3 is 3.00 bits per heavy atom. The van der Waals surface area contributed by atoms with Crippen LogP contribution in [-0.4, -0.2) is 34.6 Å². The molecule has 1 saturated heterocycles. The number of carbonyl (C=O) groups excluding carboxylic acids is 2. The highest BCUT2D eigenvalue weighted by atomic mass is 16.6. The number of nitro groups is 1. The predicted octanol–water partition coefficient (Wildman–Crippen LogP) is 0.277. The third kappa shape index (κ3) is 3.57. The largest absolute Gasteiger partial charge is 0.507 e. The minimum absolute atomic E-state index is 0.0857. The predicted molar refractivity (Wildman–Crippen MR) is 76.2 cm³/mol. The molecule has 2 rings (SSSR count). The highest BCUT2D eigenvalue weighted by molar-refractivity contribution is 6.01. The molecule has 1 heterocycles. The molecule has 1 aromatic rings. The number of benzene rings is 1. The maximum atomic E-state index is 11.8. The third-order valence-electron chi connectivity index (χ3n) is 3.20. The van der Waals surface area contributed by atoms with Crippen molar-refractivity contribution in [2.24, 2.45) is 11.0 Å². The van der Waals surface area contributed by atoms with Gasteiger partial charge in [-0.1, -0.05) is 0 Å². The maximum absolute atomic E-state index is 11.8. The van der Waals surface area contributed by atoms with E-state index in [1.807, 2.05) is 0 Å². The molecule has 1 aromatic carbocycles. The Kier molecular flexibility index (Phi) is 4.66. The van der Waals surface area contributed by atoms with Crippen molar-refractivity contribution in [2.75, 3.05) is 6.54 Å². The Morgan fingerprint density at radius 1 is 1.55 bits per heavy atom. The van der Waals surface area contributed by atoms with Crippen molar-refractivity contribution >= 4 is 23.7 Å². The number of phenols is 1. The Hall–Kier alpha value is -2.97. The number of non-ortho nitro benzene ring substituents is 1. The molecule has 1 fully saturated rings. The number of hydrogen-bond acceptors (Lipinski definition) is 6. The summed E-state index contributed by atoms with van der Waals surface area (Å²) in [6.45, 7) is 0.549. The molecule has 0 radical (unpaired) electrons. The maximum Gasteiger partial charge on any atom is 0.270 e. The van der Waals surface area contributed by atoms with Crippen LogP contribution in [0.4, 0.5) is 5.69 Å². The van der Waals surface area contributed by atoms with Crippen LogP contribution in [0, 0.1) is 16.0 Å². The summed E-state index contributed by atoms with van der Waals surface area (Å²) in [5, 5.41) is 26.4. The molecule has 3 N–H and O–H groups in total. The molecule has 0 aliphatic carbocycles. The normalized spacial score (nSPS) is 18.0. The summed E-state index contributed by atoms with van der Waals surface area (Å²) < 4.78 is 0. The van der Waals surface area contributed by atoms with E-state index >= 15 is 0 Å². The van der Waals surface area contributed by atoms with Crippen LogP contribution >= 0.6 is 0 Å². The van der Waals surface area contributed by atoms with Crippen LogP contribution in [0.1, 0.15) is 18.4 Å². The van der Waals surface area contributed by atoms with Crippen LogP contribution in [0.2, 0.25) is 0 Å². The van der Waals surface area contributed by atoms with E-state index in [1.54, 1.807) is 0 Å². The first kappa shape index (κ1) is 15.4. The van der Waals surface area contributed by atoms with Crippen molar-refractivity contribution in [3.63, 3.8) is 0 Å². The number of nitro benzene ring substituents is 1. The van der Waals surface area contributed by atoms with Gasteiger partial charge in [-0.05, 0) is 18.9 Å². The number of piperidine rings is 1. The zero-order valence-electron chi connectivity index (χ0n) is 11.5. The van der Waals surface area contributed by atoms with Gasteiger partial charge >= 0.3 is 0 Å². The van der Waals surface area contributed by atoms with Crippen molar-refractivity contribution in [1.29, 1.82) is 0 Å². The minimum Gasteiger partial charge on any atom is -0.507 e. The molecule has 0 spiro atoms. The van der Waals surface area contributed by atoms with Gasteiger partial charge in [0.25, 0.3) is 11.6 Å².